The molecule has 0 aliphatic heterocycles. The van der Waals surface area contributed by atoms with Gasteiger partial charge in [-0.25, -0.2) is 9.48 Å². The van der Waals surface area contributed by atoms with E-state index in [1.54, 1.807) is 29.8 Å². The maximum absolute atomic E-state index is 12.3. The van der Waals surface area contributed by atoms with Gasteiger partial charge < -0.3 is 10.1 Å². The number of anilines is 1. The van der Waals surface area contributed by atoms with Crippen molar-refractivity contribution in [1.82, 2.24) is 9.78 Å². The number of nitrogens with zero attached hydrogens (tertiary/aromatic N) is 2. The maximum atomic E-state index is 12.3. The van der Waals surface area contributed by atoms with Crippen LogP contribution in [-0.2, 0) is 16.1 Å². The third-order valence-electron chi connectivity index (χ3n) is 4.15. The molecule has 1 N–H and O–H groups in total. The molecule has 1 aliphatic rings. The van der Waals surface area contributed by atoms with Gasteiger partial charge >= 0.3 is 5.97 Å². The zero-order valence-electron chi connectivity index (χ0n) is 14.8. The van der Waals surface area contributed by atoms with Gasteiger partial charge in [0.1, 0.15) is 11.4 Å². The molecule has 142 valence electrons. The average Bonchev–Trinajstić information content (AvgIpc) is 3.00. The van der Waals surface area contributed by atoms with Crippen LogP contribution in [0.1, 0.15) is 42.1 Å². The fourth-order valence-electron chi connectivity index (χ4n) is 2.85. The van der Waals surface area contributed by atoms with Crippen LogP contribution in [0.5, 0.6) is 0 Å². The predicted molar refractivity (Wildman–Crippen MR) is 104 cm³/mol. The van der Waals surface area contributed by atoms with Gasteiger partial charge in [0.15, 0.2) is 5.78 Å². The van der Waals surface area contributed by atoms with Crippen molar-refractivity contribution in [2.24, 2.45) is 0 Å². The van der Waals surface area contributed by atoms with E-state index in [0.29, 0.717) is 34.4 Å². The Morgan fingerprint density at radius 3 is 2.85 bits per heavy atom. The van der Waals surface area contributed by atoms with E-state index in [1.807, 2.05) is 6.07 Å². The summed E-state index contributed by atoms with van der Waals surface area (Å²) in [5.41, 5.74) is 1.86. The summed E-state index contributed by atoms with van der Waals surface area (Å²) < 4.78 is 6.75. The highest BCUT2D eigenvalue weighted by atomic mass is 35.5. The lowest BCUT2D eigenvalue weighted by Crippen LogP contribution is -2.16. The summed E-state index contributed by atoms with van der Waals surface area (Å²) in [6, 6.07) is 5.21. The van der Waals surface area contributed by atoms with Crippen LogP contribution in [0.4, 0.5) is 5.82 Å². The summed E-state index contributed by atoms with van der Waals surface area (Å²) in [7, 11) is 0. The Bertz CT molecular complexity index is 906. The third-order valence-corrected chi connectivity index (χ3v) is 4.74. The predicted octanol–water partition coefficient (Wildman–Crippen LogP) is 4.46. The molecule has 0 saturated carbocycles. The molecule has 1 aromatic carbocycles. The quantitative estimate of drug-likeness (QED) is 0.715. The molecule has 3 rings (SSSR count). The molecule has 1 aliphatic carbocycles. The van der Waals surface area contributed by atoms with Crippen molar-refractivity contribution in [1.29, 1.82) is 0 Å². The molecular weight excluding hydrogens is 389 g/mol. The second-order valence-corrected chi connectivity index (χ2v) is 6.98. The van der Waals surface area contributed by atoms with Gasteiger partial charge in [-0.1, -0.05) is 29.3 Å². The Morgan fingerprint density at radius 2 is 2.15 bits per heavy atom. The Balaban J connectivity index is 1.95. The number of halogens is 2. The summed E-state index contributed by atoms with van der Waals surface area (Å²) in [4.78, 5) is 24.0. The summed E-state index contributed by atoms with van der Waals surface area (Å²) in [6.45, 7) is 2.33. The molecule has 0 atom stereocenters. The molecule has 0 unspecified atom stereocenters. The highest BCUT2D eigenvalue weighted by molar-refractivity contribution is 6.35. The Morgan fingerprint density at radius 1 is 1.33 bits per heavy atom. The molecule has 0 saturated heterocycles. The number of ketones is 1. The van der Waals surface area contributed by atoms with Crippen molar-refractivity contribution in [2.75, 3.05) is 11.9 Å². The lowest BCUT2D eigenvalue weighted by Gasteiger charge is -2.17. The van der Waals surface area contributed by atoms with E-state index in [9.17, 15) is 9.59 Å². The second kappa shape index (κ2) is 8.59. The van der Waals surface area contributed by atoms with Gasteiger partial charge in [0.25, 0.3) is 0 Å². The number of carbonyl (C=O) groups excluding carboxylic acids is 2. The number of allylic oxidation sites excluding steroid dienone is 2. The number of aromatic nitrogens is 2. The molecule has 0 spiro atoms. The number of esters is 1. The number of nitrogens with one attached hydrogen (secondary N) is 1. The molecule has 0 bridgehead atoms. The second-order valence-electron chi connectivity index (χ2n) is 6.14. The topological polar surface area (TPSA) is 73.2 Å². The highest BCUT2D eigenvalue weighted by Crippen LogP contribution is 2.26. The summed E-state index contributed by atoms with van der Waals surface area (Å²) in [5.74, 6) is 0.0600. The largest absolute Gasteiger partial charge is 0.462 e. The zero-order valence-corrected chi connectivity index (χ0v) is 16.3. The van der Waals surface area contributed by atoms with Gasteiger partial charge in [-0.05, 0) is 37.5 Å². The third kappa shape index (κ3) is 4.70. The average molecular weight is 408 g/mol. The molecule has 1 heterocycles. The van der Waals surface area contributed by atoms with E-state index < -0.39 is 5.97 Å². The molecule has 0 radical (unpaired) electrons. The van der Waals surface area contributed by atoms with E-state index in [1.165, 1.54) is 6.20 Å². The van der Waals surface area contributed by atoms with E-state index in [4.69, 9.17) is 27.9 Å². The number of rotatable bonds is 6. The molecule has 1 aromatic heterocycles. The van der Waals surface area contributed by atoms with Crippen molar-refractivity contribution in [3.8, 4) is 0 Å². The van der Waals surface area contributed by atoms with Gasteiger partial charge in [0.2, 0.25) is 0 Å². The van der Waals surface area contributed by atoms with Gasteiger partial charge in [0.05, 0.1) is 19.3 Å². The van der Waals surface area contributed by atoms with Crippen molar-refractivity contribution < 1.29 is 14.3 Å². The van der Waals surface area contributed by atoms with Crippen LogP contribution in [0.15, 0.2) is 36.2 Å². The Hall–Kier alpha value is -2.31. The first-order valence-corrected chi connectivity index (χ1v) is 9.40. The number of hydrogen-bond acceptors (Lipinski definition) is 5. The monoisotopic (exact) mass is 407 g/mol. The molecule has 8 heteroatoms. The first-order chi connectivity index (χ1) is 13.0. The van der Waals surface area contributed by atoms with Gasteiger partial charge in [-0.15, -0.1) is 0 Å². The molecular formula is C19H19Cl2N3O3. The first-order valence-electron chi connectivity index (χ1n) is 8.65. The van der Waals surface area contributed by atoms with Crippen LogP contribution in [0.2, 0.25) is 10.0 Å². The van der Waals surface area contributed by atoms with Crippen LogP contribution < -0.4 is 5.32 Å². The van der Waals surface area contributed by atoms with E-state index in [0.717, 1.165) is 24.1 Å². The molecule has 2 aromatic rings. The normalized spacial score (nSPS) is 14.0. The van der Waals surface area contributed by atoms with Gasteiger partial charge in [-0.2, -0.15) is 5.10 Å². The fraction of sp³-hybridized carbons (Fsp3) is 0.316. The molecule has 0 amide bonds. The molecule has 27 heavy (non-hydrogen) atoms. The lowest BCUT2D eigenvalue weighted by molar-refractivity contribution is -0.115. The number of benzene rings is 1. The van der Waals surface area contributed by atoms with Crippen LogP contribution in [0.3, 0.4) is 0 Å². The summed E-state index contributed by atoms with van der Waals surface area (Å²) >= 11 is 12.2. The van der Waals surface area contributed by atoms with Crippen molar-refractivity contribution in [3.63, 3.8) is 0 Å². The van der Waals surface area contributed by atoms with Crippen LogP contribution in [0.25, 0.3) is 0 Å². The maximum Gasteiger partial charge on any atom is 0.343 e. The smallest absolute Gasteiger partial charge is 0.343 e. The van der Waals surface area contributed by atoms with Gasteiger partial charge in [0, 0.05) is 28.2 Å². The van der Waals surface area contributed by atoms with Crippen molar-refractivity contribution in [3.05, 3.63) is 57.3 Å². The summed E-state index contributed by atoms with van der Waals surface area (Å²) in [6.07, 6.45) is 5.06. The zero-order chi connectivity index (χ0) is 19.4. The number of hydrogen-bond donors (Lipinski definition) is 1. The van der Waals surface area contributed by atoms with Crippen LogP contribution in [0, 0.1) is 0 Å². The van der Waals surface area contributed by atoms with E-state index in [2.05, 4.69) is 10.4 Å². The number of carbonyl (C=O) groups is 2. The minimum absolute atomic E-state index is 0.0632. The minimum Gasteiger partial charge on any atom is -0.462 e. The minimum atomic E-state index is -0.476. The molecule has 6 nitrogen and oxygen atoms in total. The van der Waals surface area contributed by atoms with E-state index in [-0.39, 0.29) is 12.4 Å². The first kappa shape index (κ1) is 19.5. The Kier molecular flexibility index (Phi) is 6.19. The van der Waals surface area contributed by atoms with Gasteiger partial charge in [-0.3, -0.25) is 4.79 Å². The number of ether oxygens (including phenoxy) is 1. The Labute approximate surface area is 167 Å². The fourth-order valence-corrected chi connectivity index (χ4v) is 3.32. The molecule has 0 fully saturated rings. The standard InChI is InChI=1S/C19H19Cl2N3O3/c1-2-27-19(26)16-10-22-24(11-12-6-7-13(20)8-17(12)21)18(16)23-14-4-3-5-15(25)9-14/h6-10,23H,2-5,11H2,1H3. The summed E-state index contributed by atoms with van der Waals surface area (Å²) in [5, 5.41) is 8.55. The lowest BCUT2D eigenvalue weighted by atomic mass is 10.0. The van der Waals surface area contributed by atoms with Crippen LogP contribution >= 0.6 is 23.2 Å². The van der Waals surface area contributed by atoms with Crippen LogP contribution in [-0.4, -0.2) is 28.1 Å². The van der Waals surface area contributed by atoms with Crippen molar-refractivity contribution in [2.45, 2.75) is 32.7 Å². The van der Waals surface area contributed by atoms with Crippen molar-refractivity contribution >= 4 is 40.8 Å². The van der Waals surface area contributed by atoms with E-state index >= 15 is 0 Å². The SMILES string of the molecule is CCOC(=O)c1cnn(Cc2ccc(Cl)cc2Cl)c1NC1=CC(=O)CCC1. The highest BCUT2D eigenvalue weighted by Gasteiger charge is 2.21.